The molecule has 2 aromatic rings. The van der Waals surface area contributed by atoms with E-state index in [1.54, 1.807) is 6.26 Å². The molecule has 17 heavy (non-hydrogen) atoms. The van der Waals surface area contributed by atoms with Crippen molar-refractivity contribution in [2.24, 2.45) is 0 Å². The van der Waals surface area contributed by atoms with Crippen molar-refractivity contribution in [1.29, 1.82) is 0 Å². The molecule has 0 fully saturated rings. The van der Waals surface area contributed by atoms with Gasteiger partial charge in [0.25, 0.3) is 0 Å². The van der Waals surface area contributed by atoms with Crippen molar-refractivity contribution >= 4 is 15.9 Å². The molecule has 0 aliphatic heterocycles. The Hall–Kier alpha value is -1.02. The summed E-state index contributed by atoms with van der Waals surface area (Å²) < 4.78 is 5.48. The van der Waals surface area contributed by atoms with Crippen LogP contribution in [0.1, 0.15) is 41.1 Å². The van der Waals surface area contributed by atoms with Gasteiger partial charge in [0.15, 0.2) is 0 Å². The average Bonchev–Trinajstić information content (AvgIpc) is 2.91. The van der Waals surface area contributed by atoms with Crippen LogP contribution >= 0.6 is 15.9 Å². The van der Waals surface area contributed by atoms with Gasteiger partial charge in [0.05, 0.1) is 11.1 Å². The molecular formula is C15H17BrO. The minimum absolute atomic E-state index is 0.152. The van der Waals surface area contributed by atoms with Crippen LogP contribution in [0, 0.1) is 0 Å². The van der Waals surface area contributed by atoms with Crippen molar-refractivity contribution in [3.63, 3.8) is 0 Å². The van der Waals surface area contributed by atoms with Crippen LogP contribution in [0.2, 0.25) is 0 Å². The Balaban J connectivity index is 2.41. The predicted octanol–water partition coefficient (Wildman–Crippen LogP) is 4.89. The van der Waals surface area contributed by atoms with E-state index in [2.05, 4.69) is 48.0 Å². The fourth-order valence-electron chi connectivity index (χ4n) is 2.01. The minimum atomic E-state index is 0.152. The van der Waals surface area contributed by atoms with E-state index < -0.39 is 0 Å². The third kappa shape index (κ3) is 2.63. The van der Waals surface area contributed by atoms with Crippen molar-refractivity contribution in [3.8, 4) is 0 Å². The topological polar surface area (TPSA) is 13.1 Å². The van der Waals surface area contributed by atoms with Crippen LogP contribution < -0.4 is 0 Å². The lowest BCUT2D eigenvalue weighted by molar-refractivity contribution is 0.519. The minimum Gasteiger partial charge on any atom is -0.468 e. The quantitative estimate of drug-likeness (QED) is 0.732. The Morgan fingerprint density at radius 3 is 2.59 bits per heavy atom. The van der Waals surface area contributed by atoms with Crippen molar-refractivity contribution < 1.29 is 4.42 Å². The molecule has 0 amide bonds. The lowest BCUT2D eigenvalue weighted by Gasteiger charge is -2.14. The molecule has 0 aliphatic rings. The van der Waals surface area contributed by atoms with Crippen LogP contribution in [-0.4, -0.2) is 0 Å². The molecule has 0 aliphatic carbocycles. The second kappa shape index (κ2) is 5.54. The van der Waals surface area contributed by atoms with Crippen LogP contribution in [0.15, 0.2) is 41.0 Å². The maximum atomic E-state index is 5.48. The van der Waals surface area contributed by atoms with Gasteiger partial charge in [0, 0.05) is 0 Å². The normalized spacial score (nSPS) is 12.6. The van der Waals surface area contributed by atoms with E-state index in [4.69, 9.17) is 4.42 Å². The first-order valence-electron chi connectivity index (χ1n) is 6.05. The molecule has 0 radical (unpaired) electrons. The third-order valence-corrected chi connectivity index (χ3v) is 4.01. The number of furan rings is 1. The molecule has 0 saturated heterocycles. The highest BCUT2D eigenvalue weighted by molar-refractivity contribution is 9.09. The van der Waals surface area contributed by atoms with Gasteiger partial charge in [0.2, 0.25) is 0 Å². The van der Waals surface area contributed by atoms with Crippen LogP contribution in [0.5, 0.6) is 0 Å². The van der Waals surface area contributed by atoms with Crippen LogP contribution in [0.4, 0.5) is 0 Å². The number of alkyl halides is 1. The first kappa shape index (κ1) is 12.4. The molecule has 0 spiro atoms. The number of aryl methyl sites for hydroxylation is 2. The summed E-state index contributed by atoms with van der Waals surface area (Å²) in [6, 6.07) is 10.7. The standard InChI is InChI=1S/C15H17BrO/c1-3-11-7-8-12(4-2)13(10-11)15(16)14-6-5-9-17-14/h5-10,15H,3-4H2,1-2H3. The Kier molecular flexibility index (Phi) is 4.06. The van der Waals surface area contributed by atoms with E-state index in [0.29, 0.717) is 0 Å². The summed E-state index contributed by atoms with van der Waals surface area (Å²) in [6.45, 7) is 4.37. The van der Waals surface area contributed by atoms with Gasteiger partial charge in [-0.15, -0.1) is 0 Å². The molecule has 90 valence electrons. The predicted molar refractivity (Wildman–Crippen MR) is 74.7 cm³/mol. The molecule has 2 heteroatoms. The summed E-state index contributed by atoms with van der Waals surface area (Å²) >= 11 is 3.73. The number of hydrogen-bond donors (Lipinski definition) is 0. The van der Waals surface area contributed by atoms with E-state index in [1.165, 1.54) is 16.7 Å². The van der Waals surface area contributed by atoms with Crippen molar-refractivity contribution in [3.05, 3.63) is 59.0 Å². The summed E-state index contributed by atoms with van der Waals surface area (Å²) in [4.78, 5) is 0.152. The Bertz CT molecular complexity index is 474. The summed E-state index contributed by atoms with van der Waals surface area (Å²) in [5.41, 5.74) is 4.07. The number of rotatable bonds is 4. The fourth-order valence-corrected chi connectivity index (χ4v) is 2.70. The summed E-state index contributed by atoms with van der Waals surface area (Å²) in [5, 5.41) is 0. The Labute approximate surface area is 111 Å². The maximum absolute atomic E-state index is 5.48. The van der Waals surface area contributed by atoms with Gasteiger partial charge in [-0.05, 0) is 41.7 Å². The van der Waals surface area contributed by atoms with E-state index >= 15 is 0 Å². The summed E-state index contributed by atoms with van der Waals surface area (Å²) in [6.07, 6.45) is 3.83. The zero-order valence-electron chi connectivity index (χ0n) is 10.2. The Morgan fingerprint density at radius 1 is 1.18 bits per heavy atom. The van der Waals surface area contributed by atoms with E-state index in [0.717, 1.165) is 18.6 Å². The van der Waals surface area contributed by atoms with E-state index in [-0.39, 0.29) is 4.83 Å². The van der Waals surface area contributed by atoms with Gasteiger partial charge >= 0.3 is 0 Å². The van der Waals surface area contributed by atoms with Gasteiger partial charge in [-0.25, -0.2) is 0 Å². The van der Waals surface area contributed by atoms with E-state index in [1.807, 2.05) is 12.1 Å². The molecule has 1 unspecified atom stereocenters. The third-order valence-electron chi connectivity index (χ3n) is 3.07. The molecule has 1 heterocycles. The van der Waals surface area contributed by atoms with Gasteiger partial charge in [-0.3, -0.25) is 0 Å². The maximum Gasteiger partial charge on any atom is 0.121 e. The molecule has 0 saturated carbocycles. The lowest BCUT2D eigenvalue weighted by Crippen LogP contribution is -1.98. The number of halogens is 1. The van der Waals surface area contributed by atoms with Crippen molar-refractivity contribution in [1.82, 2.24) is 0 Å². The highest BCUT2D eigenvalue weighted by atomic mass is 79.9. The Morgan fingerprint density at radius 2 is 2.00 bits per heavy atom. The molecule has 1 aromatic heterocycles. The molecule has 1 atom stereocenters. The van der Waals surface area contributed by atoms with Crippen LogP contribution in [0.3, 0.4) is 0 Å². The molecule has 1 nitrogen and oxygen atoms in total. The molecule has 2 rings (SSSR count). The van der Waals surface area contributed by atoms with E-state index in [9.17, 15) is 0 Å². The smallest absolute Gasteiger partial charge is 0.121 e. The first-order chi connectivity index (χ1) is 8.26. The molecule has 0 bridgehead atoms. The second-order valence-electron chi connectivity index (χ2n) is 4.12. The molecular weight excluding hydrogens is 276 g/mol. The first-order valence-corrected chi connectivity index (χ1v) is 6.97. The fraction of sp³-hybridized carbons (Fsp3) is 0.333. The summed E-state index contributed by atoms with van der Waals surface area (Å²) in [5.74, 6) is 0.966. The van der Waals surface area contributed by atoms with Crippen molar-refractivity contribution in [2.45, 2.75) is 31.5 Å². The molecule has 0 N–H and O–H groups in total. The van der Waals surface area contributed by atoms with Crippen molar-refractivity contribution in [2.75, 3.05) is 0 Å². The zero-order chi connectivity index (χ0) is 12.3. The van der Waals surface area contributed by atoms with Crippen LogP contribution in [-0.2, 0) is 12.8 Å². The van der Waals surface area contributed by atoms with Gasteiger partial charge in [0.1, 0.15) is 5.76 Å². The highest BCUT2D eigenvalue weighted by Gasteiger charge is 2.16. The van der Waals surface area contributed by atoms with Crippen LogP contribution in [0.25, 0.3) is 0 Å². The molecule has 1 aromatic carbocycles. The van der Waals surface area contributed by atoms with Gasteiger partial charge < -0.3 is 4.42 Å². The monoisotopic (exact) mass is 292 g/mol. The average molecular weight is 293 g/mol. The van der Waals surface area contributed by atoms with Gasteiger partial charge in [-0.1, -0.05) is 48.0 Å². The zero-order valence-corrected chi connectivity index (χ0v) is 11.8. The number of hydrogen-bond acceptors (Lipinski definition) is 1. The summed E-state index contributed by atoms with van der Waals surface area (Å²) in [7, 11) is 0. The lowest BCUT2D eigenvalue weighted by atomic mass is 9.97. The highest BCUT2D eigenvalue weighted by Crippen LogP contribution is 2.34. The largest absolute Gasteiger partial charge is 0.468 e. The SMILES string of the molecule is CCc1ccc(CC)c(C(Br)c2ccco2)c1. The number of benzene rings is 1. The van der Waals surface area contributed by atoms with Gasteiger partial charge in [-0.2, -0.15) is 0 Å². The second-order valence-corrected chi connectivity index (χ2v) is 5.03.